The third-order valence-electron chi connectivity index (χ3n) is 4.73. The molecule has 3 rings (SSSR count). The molecule has 0 aromatic heterocycles. The Morgan fingerprint density at radius 3 is 2.63 bits per heavy atom. The van der Waals surface area contributed by atoms with E-state index in [4.69, 9.17) is 0 Å². The van der Waals surface area contributed by atoms with Gasteiger partial charge in [-0.25, -0.2) is 4.79 Å². The Labute approximate surface area is 160 Å². The smallest absolute Gasteiger partial charge is 0.319 e. The summed E-state index contributed by atoms with van der Waals surface area (Å²) in [5, 5.41) is 5.76. The van der Waals surface area contributed by atoms with Crippen LogP contribution in [0.25, 0.3) is 0 Å². The van der Waals surface area contributed by atoms with Crippen LogP contribution < -0.4 is 15.5 Å². The number of anilines is 2. The van der Waals surface area contributed by atoms with Crippen LogP contribution in [-0.4, -0.2) is 25.0 Å². The van der Waals surface area contributed by atoms with Crippen LogP contribution >= 0.6 is 0 Å². The average molecular weight is 365 g/mol. The molecule has 0 saturated carbocycles. The average Bonchev–Trinajstić information content (AvgIpc) is 2.67. The predicted molar refractivity (Wildman–Crippen MR) is 109 cm³/mol. The van der Waals surface area contributed by atoms with Crippen molar-refractivity contribution in [2.75, 3.05) is 23.3 Å². The molecule has 0 atom stereocenters. The third kappa shape index (κ3) is 4.88. The SMILES string of the molecule is CC(C)CCNC(=O)Nc1ccc2c(c1)CCCN2C(=O)c1ccccc1. The van der Waals surface area contributed by atoms with E-state index in [1.807, 2.05) is 53.4 Å². The van der Waals surface area contributed by atoms with Gasteiger partial charge in [0, 0.05) is 30.0 Å². The topological polar surface area (TPSA) is 61.4 Å². The highest BCUT2D eigenvalue weighted by atomic mass is 16.2. The molecule has 0 aliphatic carbocycles. The highest BCUT2D eigenvalue weighted by molar-refractivity contribution is 6.07. The third-order valence-corrected chi connectivity index (χ3v) is 4.73. The van der Waals surface area contributed by atoms with Crippen molar-refractivity contribution >= 4 is 23.3 Å². The fourth-order valence-electron chi connectivity index (χ4n) is 3.27. The summed E-state index contributed by atoms with van der Waals surface area (Å²) in [6, 6.07) is 14.9. The van der Waals surface area contributed by atoms with Crippen molar-refractivity contribution in [1.29, 1.82) is 0 Å². The summed E-state index contributed by atoms with van der Waals surface area (Å²) in [6.07, 6.45) is 2.77. The molecule has 0 unspecified atom stereocenters. The second kappa shape index (κ2) is 8.71. The summed E-state index contributed by atoms with van der Waals surface area (Å²) in [5.41, 5.74) is 3.47. The molecule has 142 valence electrons. The van der Waals surface area contributed by atoms with Crippen LogP contribution in [0, 0.1) is 5.92 Å². The predicted octanol–water partition coefficient (Wildman–Crippen LogP) is 4.45. The number of hydrogen-bond donors (Lipinski definition) is 2. The lowest BCUT2D eigenvalue weighted by atomic mass is 10.00. The number of nitrogens with zero attached hydrogens (tertiary/aromatic N) is 1. The fourth-order valence-corrected chi connectivity index (χ4v) is 3.27. The number of aryl methyl sites for hydroxylation is 1. The van der Waals surface area contributed by atoms with Crippen LogP contribution in [-0.2, 0) is 6.42 Å². The minimum absolute atomic E-state index is 0.0173. The van der Waals surface area contributed by atoms with Crippen molar-refractivity contribution < 1.29 is 9.59 Å². The molecule has 5 heteroatoms. The van der Waals surface area contributed by atoms with Crippen LogP contribution in [0.3, 0.4) is 0 Å². The largest absolute Gasteiger partial charge is 0.338 e. The summed E-state index contributed by atoms with van der Waals surface area (Å²) < 4.78 is 0. The van der Waals surface area contributed by atoms with E-state index in [2.05, 4.69) is 24.5 Å². The lowest BCUT2D eigenvalue weighted by Gasteiger charge is -2.30. The highest BCUT2D eigenvalue weighted by Crippen LogP contribution is 2.30. The number of rotatable bonds is 5. The minimum Gasteiger partial charge on any atom is -0.338 e. The van der Waals surface area contributed by atoms with Gasteiger partial charge in [0.25, 0.3) is 5.91 Å². The number of hydrogen-bond acceptors (Lipinski definition) is 2. The van der Waals surface area contributed by atoms with E-state index in [1.165, 1.54) is 0 Å². The molecule has 0 bridgehead atoms. The summed E-state index contributed by atoms with van der Waals surface area (Å²) in [5.74, 6) is 0.575. The molecule has 2 N–H and O–H groups in total. The molecule has 0 spiro atoms. The van der Waals surface area contributed by atoms with Crippen LogP contribution in [0.4, 0.5) is 16.2 Å². The molecule has 0 saturated heterocycles. The van der Waals surface area contributed by atoms with Crippen molar-refractivity contribution in [3.8, 4) is 0 Å². The first-order valence-corrected chi connectivity index (χ1v) is 9.59. The van der Waals surface area contributed by atoms with Gasteiger partial charge < -0.3 is 15.5 Å². The van der Waals surface area contributed by atoms with E-state index < -0.39 is 0 Å². The van der Waals surface area contributed by atoms with Crippen molar-refractivity contribution in [2.45, 2.75) is 33.1 Å². The standard InChI is InChI=1S/C22H27N3O2/c1-16(2)12-13-23-22(27)24-19-10-11-20-18(15-19)9-6-14-25(20)21(26)17-7-4-3-5-8-17/h3-5,7-8,10-11,15-16H,6,9,12-14H2,1-2H3,(H2,23,24,27). The number of nitrogens with one attached hydrogen (secondary N) is 2. The molecule has 1 aliphatic heterocycles. The summed E-state index contributed by atoms with van der Waals surface area (Å²) in [6.45, 7) is 5.63. The number of amides is 3. The van der Waals surface area contributed by atoms with Gasteiger partial charge >= 0.3 is 6.03 Å². The molecular formula is C22H27N3O2. The number of fused-ring (bicyclic) bond motifs is 1. The van der Waals surface area contributed by atoms with Crippen molar-refractivity contribution in [3.63, 3.8) is 0 Å². The zero-order valence-corrected chi connectivity index (χ0v) is 16.0. The Bertz CT molecular complexity index is 802. The van der Waals surface area contributed by atoms with E-state index in [0.717, 1.165) is 36.2 Å². The number of carbonyl (C=O) groups excluding carboxylic acids is 2. The quantitative estimate of drug-likeness (QED) is 0.822. The first-order valence-electron chi connectivity index (χ1n) is 9.59. The Morgan fingerprint density at radius 1 is 1.11 bits per heavy atom. The van der Waals surface area contributed by atoms with Gasteiger partial charge in [0.05, 0.1) is 0 Å². The fraction of sp³-hybridized carbons (Fsp3) is 0.364. The normalized spacial score (nSPS) is 13.2. The van der Waals surface area contributed by atoms with Crippen LogP contribution in [0.15, 0.2) is 48.5 Å². The van der Waals surface area contributed by atoms with Crippen LogP contribution in [0.1, 0.15) is 42.6 Å². The zero-order valence-electron chi connectivity index (χ0n) is 16.0. The van der Waals surface area contributed by atoms with Gasteiger partial charge in [-0.05, 0) is 61.1 Å². The van der Waals surface area contributed by atoms with E-state index >= 15 is 0 Å². The molecule has 3 amide bonds. The molecule has 2 aromatic carbocycles. The van der Waals surface area contributed by atoms with Gasteiger partial charge in [-0.2, -0.15) is 0 Å². The van der Waals surface area contributed by atoms with Gasteiger partial charge in [0.1, 0.15) is 0 Å². The maximum absolute atomic E-state index is 12.8. The molecule has 1 heterocycles. The van der Waals surface area contributed by atoms with Gasteiger partial charge in [-0.1, -0.05) is 32.0 Å². The monoisotopic (exact) mass is 365 g/mol. The van der Waals surface area contributed by atoms with Crippen LogP contribution in [0.5, 0.6) is 0 Å². The number of benzene rings is 2. The van der Waals surface area contributed by atoms with Gasteiger partial charge in [-0.15, -0.1) is 0 Å². The van der Waals surface area contributed by atoms with Crippen molar-refractivity contribution in [2.24, 2.45) is 5.92 Å². The maximum Gasteiger partial charge on any atom is 0.319 e. The lowest BCUT2D eigenvalue weighted by molar-refractivity contribution is 0.0985. The van der Waals surface area contributed by atoms with Gasteiger partial charge in [-0.3, -0.25) is 4.79 Å². The van der Waals surface area contributed by atoms with Crippen molar-refractivity contribution in [1.82, 2.24) is 5.32 Å². The van der Waals surface area contributed by atoms with Crippen molar-refractivity contribution in [3.05, 3.63) is 59.7 Å². The van der Waals surface area contributed by atoms with Crippen LogP contribution in [0.2, 0.25) is 0 Å². The van der Waals surface area contributed by atoms with E-state index in [1.54, 1.807) is 0 Å². The zero-order chi connectivity index (χ0) is 19.2. The molecule has 5 nitrogen and oxygen atoms in total. The molecular weight excluding hydrogens is 338 g/mol. The summed E-state index contributed by atoms with van der Waals surface area (Å²) in [4.78, 5) is 26.7. The maximum atomic E-state index is 12.8. The van der Waals surface area contributed by atoms with Gasteiger partial charge in [0.2, 0.25) is 0 Å². The Hall–Kier alpha value is -2.82. The van der Waals surface area contributed by atoms with Gasteiger partial charge in [0.15, 0.2) is 0 Å². The molecule has 2 aromatic rings. The lowest BCUT2D eigenvalue weighted by Crippen LogP contribution is -2.35. The molecule has 0 radical (unpaired) electrons. The first kappa shape index (κ1) is 19.0. The first-order chi connectivity index (χ1) is 13.0. The highest BCUT2D eigenvalue weighted by Gasteiger charge is 2.23. The summed E-state index contributed by atoms with van der Waals surface area (Å²) >= 11 is 0. The summed E-state index contributed by atoms with van der Waals surface area (Å²) in [7, 11) is 0. The Kier molecular flexibility index (Phi) is 6.12. The second-order valence-corrected chi connectivity index (χ2v) is 7.33. The number of urea groups is 1. The molecule has 0 fully saturated rings. The minimum atomic E-state index is -0.191. The second-order valence-electron chi connectivity index (χ2n) is 7.33. The molecule has 27 heavy (non-hydrogen) atoms. The van der Waals surface area contributed by atoms with E-state index in [0.29, 0.717) is 24.6 Å². The molecule has 1 aliphatic rings. The Balaban J connectivity index is 1.69. The number of carbonyl (C=O) groups is 2. The van der Waals surface area contributed by atoms with E-state index in [-0.39, 0.29) is 11.9 Å². The Morgan fingerprint density at radius 2 is 1.89 bits per heavy atom. The van der Waals surface area contributed by atoms with E-state index in [9.17, 15) is 9.59 Å².